The highest BCUT2D eigenvalue weighted by atomic mass is 35.5. The Kier molecular flexibility index (Phi) is 4.65. The van der Waals surface area contributed by atoms with Gasteiger partial charge < -0.3 is 0 Å². The fourth-order valence-corrected chi connectivity index (χ4v) is 6.46. The highest BCUT2D eigenvalue weighted by Crippen LogP contribution is 2.51. The van der Waals surface area contributed by atoms with E-state index in [0.29, 0.717) is 0 Å². The van der Waals surface area contributed by atoms with Crippen LogP contribution in [0.2, 0.25) is 5.02 Å². The van der Waals surface area contributed by atoms with Crippen LogP contribution in [-0.2, 0) is 5.41 Å². The van der Waals surface area contributed by atoms with Crippen LogP contribution in [0.1, 0.15) is 25.0 Å². The summed E-state index contributed by atoms with van der Waals surface area (Å²) in [7, 11) is 0. The van der Waals surface area contributed by atoms with Crippen LogP contribution in [0.25, 0.3) is 54.9 Å². The van der Waals surface area contributed by atoms with E-state index in [1.54, 1.807) is 0 Å². The summed E-state index contributed by atoms with van der Waals surface area (Å²) in [6, 6.07) is 41.6. The van der Waals surface area contributed by atoms with Crippen molar-refractivity contribution in [3.05, 3.63) is 131 Å². The van der Waals surface area contributed by atoms with Gasteiger partial charge in [-0.05, 0) is 78.7 Å². The lowest BCUT2D eigenvalue weighted by molar-refractivity contribution is 0.660. The monoisotopic (exact) mass is 480 g/mol. The Morgan fingerprint density at radius 1 is 0.500 bits per heavy atom. The molecule has 0 amide bonds. The molecule has 0 bridgehead atoms. The Hall–Kier alpha value is -3.87. The van der Waals surface area contributed by atoms with Gasteiger partial charge >= 0.3 is 0 Å². The van der Waals surface area contributed by atoms with Gasteiger partial charge in [-0.3, -0.25) is 0 Å². The molecule has 0 unspecified atom stereocenters. The molecule has 0 spiro atoms. The number of halogens is 1. The van der Waals surface area contributed by atoms with Gasteiger partial charge in [0.2, 0.25) is 0 Å². The van der Waals surface area contributed by atoms with Crippen LogP contribution in [0.5, 0.6) is 0 Å². The fourth-order valence-electron chi connectivity index (χ4n) is 6.18. The summed E-state index contributed by atoms with van der Waals surface area (Å²) < 4.78 is 0. The van der Waals surface area contributed by atoms with Crippen LogP contribution in [0.3, 0.4) is 0 Å². The van der Waals surface area contributed by atoms with Crippen LogP contribution < -0.4 is 0 Å². The average Bonchev–Trinajstić information content (AvgIpc) is 3.14. The molecular weight excluding hydrogens is 456 g/mol. The van der Waals surface area contributed by atoms with E-state index < -0.39 is 0 Å². The van der Waals surface area contributed by atoms with E-state index in [9.17, 15) is 0 Å². The molecule has 0 nitrogen and oxygen atoms in total. The molecule has 0 saturated carbocycles. The summed E-state index contributed by atoms with van der Waals surface area (Å²) >= 11 is 6.99. The Morgan fingerprint density at radius 3 is 2.03 bits per heavy atom. The van der Waals surface area contributed by atoms with Crippen molar-refractivity contribution >= 4 is 33.1 Å². The Morgan fingerprint density at radius 2 is 1.17 bits per heavy atom. The lowest BCUT2D eigenvalue weighted by atomic mass is 9.81. The van der Waals surface area contributed by atoms with E-state index in [-0.39, 0.29) is 5.41 Å². The molecule has 0 fully saturated rings. The molecule has 0 aromatic heterocycles. The molecule has 1 aliphatic carbocycles. The molecule has 0 radical (unpaired) electrons. The maximum atomic E-state index is 6.99. The zero-order chi connectivity index (χ0) is 24.4. The number of hydrogen-bond donors (Lipinski definition) is 0. The largest absolute Gasteiger partial charge is 0.0836 e. The SMILES string of the molecule is CC1(C)c2ccccc2-c2ccc(-c3c(Cl)cccc3-c3cc4ccccc4c4ccccc34)cc21. The molecule has 36 heavy (non-hydrogen) atoms. The zero-order valence-corrected chi connectivity index (χ0v) is 21.1. The van der Waals surface area contributed by atoms with Crippen molar-refractivity contribution in [2.75, 3.05) is 0 Å². The highest BCUT2D eigenvalue weighted by molar-refractivity contribution is 6.34. The smallest absolute Gasteiger partial charge is 0.0490 e. The Bertz CT molecular complexity index is 1820. The maximum Gasteiger partial charge on any atom is 0.0490 e. The molecule has 7 rings (SSSR count). The fraction of sp³-hybridized carbons (Fsp3) is 0.0857. The highest BCUT2D eigenvalue weighted by Gasteiger charge is 2.35. The van der Waals surface area contributed by atoms with Gasteiger partial charge in [0.05, 0.1) is 0 Å². The van der Waals surface area contributed by atoms with Gasteiger partial charge in [-0.1, -0.05) is 123 Å². The van der Waals surface area contributed by atoms with Crippen LogP contribution in [0.4, 0.5) is 0 Å². The van der Waals surface area contributed by atoms with Crippen LogP contribution >= 0.6 is 11.6 Å². The summed E-state index contributed by atoms with van der Waals surface area (Å²) in [4.78, 5) is 0. The van der Waals surface area contributed by atoms with Crippen LogP contribution in [0, 0.1) is 0 Å². The molecule has 1 aliphatic rings. The van der Waals surface area contributed by atoms with E-state index in [0.717, 1.165) is 21.7 Å². The van der Waals surface area contributed by atoms with Crippen molar-refractivity contribution in [3.8, 4) is 33.4 Å². The summed E-state index contributed by atoms with van der Waals surface area (Å²) in [6.07, 6.45) is 0. The summed E-state index contributed by atoms with van der Waals surface area (Å²) in [6.45, 7) is 4.65. The first-order valence-electron chi connectivity index (χ1n) is 12.5. The standard InChI is InChI=1S/C35H25Cl/c1-35(2)31-16-8-7-14-27(31)28-19-18-23(21-32(28)35)34-29(15-9-17-33(34)36)30-20-22-10-3-4-11-24(22)25-12-5-6-13-26(25)30/h3-21H,1-2H3. The summed E-state index contributed by atoms with van der Waals surface area (Å²) in [5.41, 5.74) is 9.98. The normalized spacial score (nSPS) is 13.6. The summed E-state index contributed by atoms with van der Waals surface area (Å²) in [5.74, 6) is 0. The van der Waals surface area contributed by atoms with Crippen molar-refractivity contribution < 1.29 is 0 Å². The molecule has 0 saturated heterocycles. The first kappa shape index (κ1) is 21.4. The van der Waals surface area contributed by atoms with Gasteiger partial charge in [0.1, 0.15) is 0 Å². The minimum absolute atomic E-state index is 0.0565. The zero-order valence-electron chi connectivity index (χ0n) is 20.3. The minimum atomic E-state index is -0.0565. The van der Waals surface area contributed by atoms with Crippen molar-refractivity contribution in [3.63, 3.8) is 0 Å². The molecular formula is C35H25Cl. The molecule has 6 aromatic carbocycles. The van der Waals surface area contributed by atoms with Crippen molar-refractivity contribution in [2.45, 2.75) is 19.3 Å². The third-order valence-corrected chi connectivity index (χ3v) is 8.26. The Balaban J connectivity index is 1.51. The first-order chi connectivity index (χ1) is 17.5. The van der Waals surface area contributed by atoms with E-state index in [2.05, 4.69) is 123 Å². The van der Waals surface area contributed by atoms with Crippen LogP contribution in [0.15, 0.2) is 115 Å². The lowest BCUT2D eigenvalue weighted by Crippen LogP contribution is -2.14. The predicted octanol–water partition coefficient (Wildman–Crippen LogP) is 10.3. The molecule has 0 aliphatic heterocycles. The van der Waals surface area contributed by atoms with E-state index >= 15 is 0 Å². The molecule has 0 atom stereocenters. The second-order valence-corrected chi connectivity index (χ2v) is 10.7. The lowest BCUT2D eigenvalue weighted by Gasteiger charge is -2.22. The number of rotatable bonds is 2. The first-order valence-corrected chi connectivity index (χ1v) is 12.9. The van der Waals surface area contributed by atoms with Gasteiger partial charge in [0.25, 0.3) is 0 Å². The average molecular weight is 481 g/mol. The van der Waals surface area contributed by atoms with Gasteiger partial charge in [-0.2, -0.15) is 0 Å². The Labute approximate surface area is 216 Å². The van der Waals surface area contributed by atoms with Gasteiger partial charge in [0, 0.05) is 16.0 Å². The van der Waals surface area contributed by atoms with Crippen molar-refractivity contribution in [1.82, 2.24) is 0 Å². The predicted molar refractivity (Wildman–Crippen MR) is 155 cm³/mol. The molecule has 0 N–H and O–H groups in total. The molecule has 172 valence electrons. The number of fused-ring (bicyclic) bond motifs is 6. The van der Waals surface area contributed by atoms with E-state index in [4.69, 9.17) is 11.6 Å². The van der Waals surface area contributed by atoms with Gasteiger partial charge in [0.15, 0.2) is 0 Å². The molecule has 6 aromatic rings. The van der Waals surface area contributed by atoms with Gasteiger partial charge in [-0.15, -0.1) is 0 Å². The topological polar surface area (TPSA) is 0 Å². The molecule has 1 heteroatoms. The third-order valence-electron chi connectivity index (χ3n) is 7.94. The summed E-state index contributed by atoms with van der Waals surface area (Å²) in [5, 5.41) is 5.80. The van der Waals surface area contributed by atoms with E-state index in [1.807, 2.05) is 6.07 Å². The number of benzene rings is 6. The quantitative estimate of drug-likeness (QED) is 0.216. The van der Waals surface area contributed by atoms with Crippen molar-refractivity contribution in [1.29, 1.82) is 0 Å². The minimum Gasteiger partial charge on any atom is -0.0836 e. The van der Waals surface area contributed by atoms with E-state index in [1.165, 1.54) is 49.4 Å². The molecule has 0 heterocycles. The van der Waals surface area contributed by atoms with Crippen LogP contribution in [-0.4, -0.2) is 0 Å². The van der Waals surface area contributed by atoms with Gasteiger partial charge in [-0.25, -0.2) is 0 Å². The second-order valence-electron chi connectivity index (χ2n) is 10.3. The third kappa shape index (κ3) is 3.01. The number of hydrogen-bond acceptors (Lipinski definition) is 0. The second kappa shape index (κ2) is 7.82. The van der Waals surface area contributed by atoms with Crippen molar-refractivity contribution in [2.24, 2.45) is 0 Å². The maximum absolute atomic E-state index is 6.99.